The first-order valence-electron chi connectivity index (χ1n) is 14.4. The number of benzene rings is 3. The molecular formula is C31H32F2N4O7S. The summed E-state index contributed by atoms with van der Waals surface area (Å²) in [5, 5.41) is 13.8. The van der Waals surface area contributed by atoms with Crippen LogP contribution in [-0.2, 0) is 14.6 Å². The van der Waals surface area contributed by atoms with Crippen LogP contribution in [0.3, 0.4) is 0 Å². The summed E-state index contributed by atoms with van der Waals surface area (Å²) in [4.78, 5) is 39.1. The Balaban J connectivity index is 1.60. The Morgan fingerprint density at radius 3 is 2.44 bits per heavy atom. The number of halogens is 2. The van der Waals surface area contributed by atoms with Gasteiger partial charge in [-0.3, -0.25) is 14.9 Å². The summed E-state index contributed by atoms with van der Waals surface area (Å²) in [6, 6.07) is 9.16. The van der Waals surface area contributed by atoms with Gasteiger partial charge < -0.3 is 25.8 Å². The number of hydrogen-bond acceptors (Lipinski definition) is 7. The Morgan fingerprint density at radius 2 is 1.78 bits per heavy atom. The number of rotatable bonds is 11. The van der Waals surface area contributed by atoms with Gasteiger partial charge in [0.25, 0.3) is 0 Å². The van der Waals surface area contributed by atoms with Gasteiger partial charge in [0, 0.05) is 17.8 Å². The smallest absolute Gasteiger partial charge is 0.409 e. The molecule has 0 radical (unpaired) electrons. The Morgan fingerprint density at radius 1 is 1.04 bits per heavy atom. The molecule has 1 saturated heterocycles. The molecule has 3 aromatic rings. The minimum absolute atomic E-state index is 0.00997. The van der Waals surface area contributed by atoms with Crippen molar-refractivity contribution in [1.29, 1.82) is 0 Å². The first kappa shape index (κ1) is 31.7. The lowest BCUT2D eigenvalue weighted by atomic mass is 10.0. The van der Waals surface area contributed by atoms with E-state index >= 15 is 4.39 Å². The van der Waals surface area contributed by atoms with Gasteiger partial charge in [-0.2, -0.15) is 0 Å². The number of carbonyl (C=O) groups is 3. The number of nitrogens with one attached hydrogen (secondary N) is 2. The van der Waals surface area contributed by atoms with E-state index in [1.165, 1.54) is 41.3 Å². The van der Waals surface area contributed by atoms with Crippen LogP contribution in [0.4, 0.5) is 25.0 Å². The van der Waals surface area contributed by atoms with E-state index in [1.54, 1.807) is 6.92 Å². The highest BCUT2D eigenvalue weighted by atomic mass is 32.2. The van der Waals surface area contributed by atoms with Crippen molar-refractivity contribution >= 4 is 39.1 Å². The Labute approximate surface area is 258 Å². The number of sulfone groups is 1. The van der Waals surface area contributed by atoms with E-state index in [-0.39, 0.29) is 51.9 Å². The minimum atomic E-state index is -3.76. The Bertz CT molecular complexity index is 1760. The number of ether oxygens (including phenoxy) is 1. The molecule has 0 spiro atoms. The van der Waals surface area contributed by atoms with E-state index in [2.05, 4.69) is 10.6 Å². The van der Waals surface area contributed by atoms with Gasteiger partial charge in [-0.25, -0.2) is 22.0 Å². The van der Waals surface area contributed by atoms with Gasteiger partial charge in [-0.1, -0.05) is 6.07 Å². The highest BCUT2D eigenvalue weighted by molar-refractivity contribution is 7.92. The zero-order valence-electron chi connectivity index (χ0n) is 24.3. The van der Waals surface area contributed by atoms with Gasteiger partial charge in [0.05, 0.1) is 28.5 Å². The average molecular weight is 643 g/mol. The fraction of sp³-hybridized carbons (Fsp3) is 0.323. The molecule has 1 aliphatic carbocycles. The monoisotopic (exact) mass is 642 g/mol. The maximum absolute atomic E-state index is 15.0. The SMILES string of the molecule is CCOc1cc([C@@H](Nc2cc(C(N)=O)ccc2F)C(=O)N2CCC[C@@H]2c2cc(NC(=O)O)ccc2S(=O)(=O)C2CC2)ccc1F. The molecular weight excluding hydrogens is 610 g/mol. The topological polar surface area (TPSA) is 168 Å². The van der Waals surface area contributed by atoms with Crippen LogP contribution < -0.4 is 21.1 Å². The molecule has 1 heterocycles. The largest absolute Gasteiger partial charge is 0.491 e. The van der Waals surface area contributed by atoms with E-state index in [9.17, 15) is 32.3 Å². The van der Waals surface area contributed by atoms with Gasteiger partial charge in [-0.05, 0) is 92.3 Å². The highest BCUT2D eigenvalue weighted by Gasteiger charge is 2.42. The van der Waals surface area contributed by atoms with Crippen molar-refractivity contribution in [3.63, 3.8) is 0 Å². The van der Waals surface area contributed by atoms with Gasteiger partial charge in [0.1, 0.15) is 11.9 Å². The molecule has 3 amide bonds. The lowest BCUT2D eigenvalue weighted by Gasteiger charge is -2.31. The maximum Gasteiger partial charge on any atom is 0.409 e. The summed E-state index contributed by atoms with van der Waals surface area (Å²) in [6.45, 7) is 1.99. The number of nitrogens with zero attached hydrogens (tertiary/aromatic N) is 1. The summed E-state index contributed by atoms with van der Waals surface area (Å²) in [6.07, 6.45) is 0.505. The number of primary amides is 1. The van der Waals surface area contributed by atoms with Gasteiger partial charge >= 0.3 is 6.09 Å². The van der Waals surface area contributed by atoms with Crippen LogP contribution in [-0.4, -0.2) is 54.7 Å². The summed E-state index contributed by atoms with van der Waals surface area (Å²) in [7, 11) is -3.76. The number of hydrogen-bond donors (Lipinski definition) is 4. The zero-order chi connectivity index (χ0) is 32.5. The first-order valence-corrected chi connectivity index (χ1v) is 15.9. The highest BCUT2D eigenvalue weighted by Crippen LogP contribution is 2.43. The molecule has 1 aliphatic heterocycles. The zero-order valence-corrected chi connectivity index (χ0v) is 25.1. The molecule has 2 aliphatic rings. The van der Waals surface area contributed by atoms with Crippen LogP contribution in [0.15, 0.2) is 59.5 Å². The molecule has 0 unspecified atom stereocenters. The molecule has 2 atom stereocenters. The lowest BCUT2D eigenvalue weighted by Crippen LogP contribution is -2.38. The summed E-state index contributed by atoms with van der Waals surface area (Å²) < 4.78 is 61.9. The summed E-state index contributed by atoms with van der Waals surface area (Å²) >= 11 is 0. The second kappa shape index (κ2) is 12.7. The standard InChI is InChI=1S/C31H32F2N4O7S/c1-2-44-26-15-17(5-11-23(26)33)28(36-24-14-18(29(34)38)6-10-22(24)32)30(39)37-13-3-4-25(37)21-16-19(35-31(40)41)7-12-27(21)45(42,43)20-8-9-20/h5-7,10-12,14-16,20,25,28,35-36H,2-4,8-9,13H2,1H3,(H2,34,38)(H,40,41)/t25-,28-/m1/s1. The normalized spacial score (nSPS) is 17.0. The van der Waals surface area contributed by atoms with Crippen molar-refractivity contribution in [3.05, 3.63) is 82.9 Å². The third-order valence-electron chi connectivity index (χ3n) is 7.81. The van der Waals surface area contributed by atoms with Crippen molar-refractivity contribution in [3.8, 4) is 5.75 Å². The second-order valence-corrected chi connectivity index (χ2v) is 13.1. The maximum atomic E-state index is 15.0. The molecule has 3 aromatic carbocycles. The third-order valence-corrected chi connectivity index (χ3v) is 10.1. The van der Waals surface area contributed by atoms with Gasteiger partial charge in [0.2, 0.25) is 11.8 Å². The van der Waals surface area contributed by atoms with Crippen molar-refractivity contribution < 1.29 is 41.4 Å². The van der Waals surface area contributed by atoms with Crippen LogP contribution in [0, 0.1) is 11.6 Å². The Hall–Kier alpha value is -4.72. The molecule has 11 nitrogen and oxygen atoms in total. The Kier molecular flexibility index (Phi) is 8.96. The van der Waals surface area contributed by atoms with Crippen LogP contribution in [0.1, 0.15) is 66.2 Å². The fourth-order valence-corrected chi connectivity index (χ4v) is 7.44. The molecule has 0 bridgehead atoms. The molecule has 5 N–H and O–H groups in total. The van der Waals surface area contributed by atoms with Crippen LogP contribution in [0.5, 0.6) is 5.75 Å². The van der Waals surface area contributed by atoms with E-state index in [1.807, 2.05) is 0 Å². The van der Waals surface area contributed by atoms with Gasteiger partial charge in [0.15, 0.2) is 21.4 Å². The number of carbonyl (C=O) groups excluding carboxylic acids is 2. The molecule has 238 valence electrons. The second-order valence-electron chi connectivity index (χ2n) is 10.9. The lowest BCUT2D eigenvalue weighted by molar-refractivity contribution is -0.133. The van der Waals surface area contributed by atoms with Crippen molar-refractivity contribution in [1.82, 2.24) is 4.90 Å². The van der Waals surface area contributed by atoms with Crippen molar-refractivity contribution in [2.24, 2.45) is 5.73 Å². The van der Waals surface area contributed by atoms with Crippen molar-refractivity contribution in [2.75, 3.05) is 23.8 Å². The predicted octanol–water partition coefficient (Wildman–Crippen LogP) is 5.01. The van der Waals surface area contributed by atoms with Crippen LogP contribution in [0.2, 0.25) is 0 Å². The number of likely N-dealkylation sites (tertiary alicyclic amines) is 1. The number of carboxylic acid groups (broad SMARTS) is 1. The fourth-order valence-electron chi connectivity index (χ4n) is 5.54. The quantitative estimate of drug-likeness (QED) is 0.227. The predicted molar refractivity (Wildman–Crippen MR) is 161 cm³/mol. The molecule has 14 heteroatoms. The van der Waals surface area contributed by atoms with Crippen LogP contribution in [0.25, 0.3) is 0 Å². The molecule has 1 saturated carbocycles. The summed E-state index contributed by atoms with van der Waals surface area (Å²) in [5.74, 6) is -3.01. The molecule has 5 rings (SSSR count). The van der Waals surface area contributed by atoms with Crippen molar-refractivity contribution in [2.45, 2.75) is 54.8 Å². The number of amides is 3. The van der Waals surface area contributed by atoms with Gasteiger partial charge in [-0.15, -0.1) is 0 Å². The molecule has 45 heavy (non-hydrogen) atoms. The molecule has 0 aromatic heterocycles. The summed E-state index contributed by atoms with van der Waals surface area (Å²) in [5.41, 5.74) is 5.76. The van der Waals surface area contributed by atoms with E-state index in [0.29, 0.717) is 25.7 Å². The third kappa shape index (κ3) is 6.70. The number of anilines is 2. The average Bonchev–Trinajstić information content (AvgIpc) is 3.75. The van der Waals surface area contributed by atoms with E-state index < -0.39 is 56.7 Å². The van der Waals surface area contributed by atoms with E-state index in [4.69, 9.17) is 10.5 Å². The van der Waals surface area contributed by atoms with Crippen LogP contribution >= 0.6 is 0 Å². The number of nitrogens with two attached hydrogens (primary N) is 1. The van der Waals surface area contributed by atoms with E-state index in [0.717, 1.165) is 18.2 Å². The first-order chi connectivity index (χ1) is 21.4. The minimum Gasteiger partial charge on any atom is -0.491 e. The molecule has 2 fully saturated rings.